The molecule has 45 heavy (non-hydrogen) atoms. The van der Waals surface area contributed by atoms with Gasteiger partial charge in [-0.2, -0.15) is 0 Å². The molecule has 0 amide bonds. The zero-order chi connectivity index (χ0) is 31.9. The summed E-state index contributed by atoms with van der Waals surface area (Å²) in [7, 11) is 0. The number of hydrogen-bond donors (Lipinski definition) is 0. The molecule has 0 aliphatic rings. The fraction of sp³-hybridized carbons (Fsp3) is 0.184. The second kappa shape index (κ2) is 14.1. The minimum absolute atomic E-state index is 0.0234. The van der Waals surface area contributed by atoms with Crippen molar-refractivity contribution in [2.24, 2.45) is 0 Å². The van der Waals surface area contributed by atoms with Crippen LogP contribution in [-0.2, 0) is 11.2 Å². The number of benzene rings is 5. The molecule has 0 spiro atoms. The molecule has 0 saturated heterocycles. The van der Waals surface area contributed by atoms with E-state index in [0.717, 1.165) is 18.4 Å². The standard InChI is InChI=1S/C38H35BrF3O2P/c1-2-12-28-19-21-29(22-20-28)30(27-44-38(43)31-25-35(40)37(42)36(41)26-31)23-24-45(39,32-13-6-3-7-14-32,33-15-8-4-9-16-33)34-17-10-5-11-18-34/h3-11,13-22,25-26,30H,2,12,23-24,27H2,1H3. The van der Waals surface area contributed by atoms with E-state index >= 15 is 0 Å². The van der Waals surface area contributed by atoms with Crippen molar-refractivity contribution in [1.82, 2.24) is 0 Å². The molecule has 7 heteroatoms. The zero-order valence-electron chi connectivity index (χ0n) is 25.0. The molecule has 0 aromatic heterocycles. The van der Waals surface area contributed by atoms with Gasteiger partial charge in [0.2, 0.25) is 0 Å². The monoisotopic (exact) mass is 690 g/mol. The van der Waals surface area contributed by atoms with Crippen molar-refractivity contribution >= 4 is 42.7 Å². The van der Waals surface area contributed by atoms with Crippen LogP contribution < -0.4 is 15.9 Å². The molecule has 0 radical (unpaired) electrons. The summed E-state index contributed by atoms with van der Waals surface area (Å²) < 4.78 is 47.1. The van der Waals surface area contributed by atoms with Crippen LogP contribution in [0, 0.1) is 17.5 Å². The SMILES string of the molecule is CCCc1ccc(C(CCP(Br)(c2ccccc2)(c2ccccc2)c2ccccc2)COC(=O)c2cc(F)c(F)c(F)c2)cc1. The summed E-state index contributed by atoms with van der Waals surface area (Å²) >= 11 is 4.49. The molecular formula is C38H35BrF3O2P. The maximum atomic E-state index is 13.9. The fourth-order valence-corrected chi connectivity index (χ4v) is 13.6. The van der Waals surface area contributed by atoms with Crippen LogP contribution in [0.1, 0.15) is 47.2 Å². The van der Waals surface area contributed by atoms with E-state index in [1.807, 2.05) is 18.2 Å². The summed E-state index contributed by atoms with van der Waals surface area (Å²) in [6.45, 7) is 2.11. The van der Waals surface area contributed by atoms with Crippen LogP contribution in [0.5, 0.6) is 0 Å². The topological polar surface area (TPSA) is 26.3 Å². The second-order valence-corrected chi connectivity index (χ2v) is 20.3. The van der Waals surface area contributed by atoms with E-state index in [4.69, 9.17) is 4.74 Å². The van der Waals surface area contributed by atoms with Gasteiger partial charge in [0.25, 0.3) is 0 Å². The first-order valence-electron chi connectivity index (χ1n) is 15.0. The molecule has 5 aromatic carbocycles. The number of esters is 1. The summed E-state index contributed by atoms with van der Waals surface area (Å²) in [4.78, 5) is 13.0. The number of halogens is 4. The summed E-state index contributed by atoms with van der Waals surface area (Å²) in [5.41, 5.74) is 1.83. The van der Waals surface area contributed by atoms with E-state index in [9.17, 15) is 18.0 Å². The molecule has 0 heterocycles. The zero-order valence-corrected chi connectivity index (χ0v) is 27.5. The van der Waals surface area contributed by atoms with Gasteiger partial charge in [-0.25, -0.2) is 0 Å². The van der Waals surface area contributed by atoms with Crippen molar-refractivity contribution in [3.8, 4) is 0 Å². The van der Waals surface area contributed by atoms with Crippen molar-refractivity contribution in [1.29, 1.82) is 0 Å². The third kappa shape index (κ3) is 6.78. The third-order valence-corrected chi connectivity index (χ3v) is 18.4. The van der Waals surface area contributed by atoms with E-state index in [-0.39, 0.29) is 18.1 Å². The van der Waals surface area contributed by atoms with Gasteiger partial charge < -0.3 is 0 Å². The average Bonchev–Trinajstić information content (AvgIpc) is 3.08. The van der Waals surface area contributed by atoms with E-state index in [1.165, 1.54) is 21.5 Å². The summed E-state index contributed by atoms with van der Waals surface area (Å²) in [5, 5.41) is 0.242. The number of ether oxygens (including phenoxy) is 1. The van der Waals surface area contributed by atoms with Crippen LogP contribution in [0.15, 0.2) is 127 Å². The first kappa shape index (κ1) is 32.7. The number of carbonyl (C=O) groups excluding carboxylic acids is 1. The fourth-order valence-electron chi connectivity index (χ4n) is 5.97. The Morgan fingerprint density at radius 1 is 0.733 bits per heavy atom. The van der Waals surface area contributed by atoms with Crippen LogP contribution in [-0.4, -0.2) is 18.7 Å². The average molecular weight is 692 g/mol. The Balaban J connectivity index is 1.56. The van der Waals surface area contributed by atoms with Crippen LogP contribution in [0.25, 0.3) is 0 Å². The molecule has 0 aliphatic heterocycles. The van der Waals surface area contributed by atoms with Crippen LogP contribution in [0.2, 0.25) is 0 Å². The van der Waals surface area contributed by atoms with Gasteiger partial charge in [-0.1, -0.05) is 0 Å². The number of carbonyl (C=O) groups is 1. The molecule has 1 atom stereocenters. The first-order chi connectivity index (χ1) is 21.7. The Hall–Kier alpha value is -3.73. The quantitative estimate of drug-likeness (QED) is 0.0741. The van der Waals surface area contributed by atoms with Gasteiger partial charge in [0, 0.05) is 0 Å². The van der Waals surface area contributed by atoms with Gasteiger partial charge in [-0.3, -0.25) is 0 Å². The van der Waals surface area contributed by atoms with Crippen molar-refractivity contribution < 1.29 is 22.7 Å². The number of hydrogen-bond acceptors (Lipinski definition) is 2. The Labute approximate surface area is 270 Å². The third-order valence-electron chi connectivity index (χ3n) is 8.41. The van der Waals surface area contributed by atoms with Crippen molar-refractivity contribution in [2.75, 3.05) is 12.8 Å². The Morgan fingerprint density at radius 3 is 1.64 bits per heavy atom. The molecule has 0 saturated carbocycles. The molecule has 5 aromatic rings. The van der Waals surface area contributed by atoms with E-state index < -0.39 is 28.7 Å². The van der Waals surface area contributed by atoms with Crippen molar-refractivity contribution in [2.45, 2.75) is 32.1 Å². The summed E-state index contributed by atoms with van der Waals surface area (Å²) in [5.74, 6) is -5.64. The number of aryl methyl sites for hydroxylation is 1. The van der Waals surface area contributed by atoms with Crippen LogP contribution >= 0.6 is 20.8 Å². The molecule has 0 N–H and O–H groups in total. The molecule has 1 unspecified atom stereocenters. The van der Waals surface area contributed by atoms with E-state index in [2.05, 4.69) is 119 Å². The molecule has 2 nitrogen and oxygen atoms in total. The summed E-state index contributed by atoms with van der Waals surface area (Å²) in [6, 6.07) is 41.0. The van der Waals surface area contributed by atoms with Crippen molar-refractivity contribution in [3.63, 3.8) is 0 Å². The molecule has 5 rings (SSSR count). The first-order valence-corrected chi connectivity index (χ1v) is 19.5. The predicted octanol–water partition coefficient (Wildman–Crippen LogP) is 9.23. The number of rotatable bonds is 12. The van der Waals surface area contributed by atoms with Gasteiger partial charge in [0.05, 0.1) is 0 Å². The van der Waals surface area contributed by atoms with E-state index in [1.54, 1.807) is 0 Å². The van der Waals surface area contributed by atoms with Gasteiger partial charge in [-0.15, -0.1) is 0 Å². The van der Waals surface area contributed by atoms with Gasteiger partial charge in [-0.05, 0) is 0 Å². The second-order valence-electron chi connectivity index (χ2n) is 11.2. The van der Waals surface area contributed by atoms with Gasteiger partial charge in [0.1, 0.15) is 0 Å². The van der Waals surface area contributed by atoms with Crippen LogP contribution in [0.3, 0.4) is 0 Å². The molecule has 0 bridgehead atoms. The Morgan fingerprint density at radius 2 is 1.20 bits per heavy atom. The Bertz CT molecular complexity index is 1610. The Kier molecular flexibility index (Phi) is 10.3. The van der Waals surface area contributed by atoms with Gasteiger partial charge >= 0.3 is 272 Å². The van der Waals surface area contributed by atoms with Crippen LogP contribution in [0.4, 0.5) is 13.2 Å². The minimum atomic E-state index is -3.28. The molecular weight excluding hydrogens is 656 g/mol. The summed E-state index contributed by atoms with van der Waals surface area (Å²) in [6.07, 6.45) is 3.29. The molecule has 0 aliphatic carbocycles. The molecule has 0 fully saturated rings. The maximum absolute atomic E-state index is 13.9. The normalized spacial score (nSPS) is 13.0. The van der Waals surface area contributed by atoms with Gasteiger partial charge in [0.15, 0.2) is 0 Å². The molecule has 232 valence electrons. The predicted molar refractivity (Wildman–Crippen MR) is 183 cm³/mol. The van der Waals surface area contributed by atoms with E-state index in [0.29, 0.717) is 24.7 Å². The van der Waals surface area contributed by atoms with Crippen molar-refractivity contribution in [3.05, 3.63) is 162 Å².